The summed E-state index contributed by atoms with van der Waals surface area (Å²) in [7, 11) is 1.21. The van der Waals surface area contributed by atoms with E-state index in [0.717, 1.165) is 0 Å². The number of nitrogens with zero attached hydrogens (tertiary/aromatic N) is 4. The maximum absolute atomic E-state index is 12.4. The van der Waals surface area contributed by atoms with Gasteiger partial charge in [0.05, 0.1) is 26.8 Å². The van der Waals surface area contributed by atoms with Gasteiger partial charge in [0, 0.05) is 30.9 Å². The van der Waals surface area contributed by atoms with E-state index >= 15 is 0 Å². The van der Waals surface area contributed by atoms with Gasteiger partial charge in [-0.3, -0.25) is 19.4 Å². The van der Waals surface area contributed by atoms with E-state index in [9.17, 15) is 19.2 Å². The Morgan fingerprint density at radius 2 is 1.94 bits per heavy atom. The molecule has 2 saturated heterocycles. The molecule has 3 amide bonds. The van der Waals surface area contributed by atoms with E-state index in [4.69, 9.17) is 15.2 Å². The molecule has 1 atom stereocenters. The molecule has 0 radical (unpaired) electrons. The fourth-order valence-electron chi connectivity index (χ4n) is 3.58. The van der Waals surface area contributed by atoms with Crippen molar-refractivity contribution in [2.45, 2.75) is 13.0 Å². The molecule has 1 aromatic rings. The van der Waals surface area contributed by atoms with Crippen molar-refractivity contribution in [2.75, 3.05) is 57.9 Å². The predicted octanol–water partition coefficient (Wildman–Crippen LogP) is 0.191. The van der Waals surface area contributed by atoms with Crippen molar-refractivity contribution in [3.63, 3.8) is 0 Å². The maximum Gasteiger partial charge on any atom is 0.435 e. The Hall–Kier alpha value is -3.67. The number of benzene rings is 1. The van der Waals surface area contributed by atoms with Crippen LogP contribution in [-0.2, 0) is 23.8 Å². The van der Waals surface area contributed by atoms with Crippen LogP contribution in [0.3, 0.4) is 0 Å². The van der Waals surface area contributed by atoms with Gasteiger partial charge in [-0.1, -0.05) is 0 Å². The molecule has 2 heterocycles. The monoisotopic (exact) mass is 461 g/mol. The number of hydrogen-bond acceptors (Lipinski definition) is 8. The highest BCUT2D eigenvalue weighted by Gasteiger charge is 2.35. The van der Waals surface area contributed by atoms with Crippen molar-refractivity contribution in [3.05, 3.63) is 29.8 Å². The SMILES string of the molecule is CCOC(=O)CN1CCN(CC2CN(c3ccc(C(N)=NC(=O)OC)cc3)C(=O)O2)CC1=O. The second kappa shape index (κ2) is 10.8. The first kappa shape index (κ1) is 24.0. The molecule has 2 aliphatic heterocycles. The number of esters is 1. The smallest absolute Gasteiger partial charge is 0.435 e. The fraction of sp³-hybridized carbons (Fsp3) is 0.476. The van der Waals surface area contributed by atoms with Gasteiger partial charge in [0.15, 0.2) is 0 Å². The number of carbonyl (C=O) groups is 4. The highest BCUT2D eigenvalue weighted by molar-refractivity contribution is 6.03. The highest BCUT2D eigenvalue weighted by Crippen LogP contribution is 2.23. The van der Waals surface area contributed by atoms with Crippen molar-refractivity contribution in [2.24, 2.45) is 10.7 Å². The normalized spacial score (nSPS) is 19.5. The lowest BCUT2D eigenvalue weighted by Crippen LogP contribution is -2.53. The van der Waals surface area contributed by atoms with Gasteiger partial charge in [-0.05, 0) is 31.2 Å². The zero-order valence-corrected chi connectivity index (χ0v) is 18.6. The molecule has 33 heavy (non-hydrogen) atoms. The Bertz CT molecular complexity index is 933. The molecule has 2 aliphatic rings. The van der Waals surface area contributed by atoms with Crippen LogP contribution in [0, 0.1) is 0 Å². The maximum atomic E-state index is 12.4. The van der Waals surface area contributed by atoms with Crippen LogP contribution in [0.2, 0.25) is 0 Å². The molecule has 0 bridgehead atoms. The number of aliphatic imine (C=N–C) groups is 1. The van der Waals surface area contributed by atoms with Gasteiger partial charge in [0.1, 0.15) is 18.5 Å². The lowest BCUT2D eigenvalue weighted by molar-refractivity contribution is -0.151. The van der Waals surface area contributed by atoms with Crippen LogP contribution in [-0.4, -0.2) is 98.8 Å². The van der Waals surface area contributed by atoms with Crippen LogP contribution in [0.4, 0.5) is 15.3 Å². The third-order valence-corrected chi connectivity index (χ3v) is 5.22. The molecule has 2 fully saturated rings. The molecule has 178 valence electrons. The van der Waals surface area contributed by atoms with Gasteiger partial charge in [0.25, 0.3) is 0 Å². The molecule has 1 aromatic carbocycles. The molecule has 0 spiro atoms. The number of hydrogen-bond donors (Lipinski definition) is 1. The van der Waals surface area contributed by atoms with Crippen molar-refractivity contribution in [1.29, 1.82) is 0 Å². The zero-order chi connectivity index (χ0) is 24.0. The number of ether oxygens (including phenoxy) is 3. The Morgan fingerprint density at radius 1 is 1.21 bits per heavy atom. The van der Waals surface area contributed by atoms with Gasteiger partial charge in [-0.15, -0.1) is 0 Å². The van der Waals surface area contributed by atoms with Crippen LogP contribution in [0.15, 0.2) is 29.3 Å². The van der Waals surface area contributed by atoms with E-state index in [0.29, 0.717) is 37.4 Å². The first-order valence-corrected chi connectivity index (χ1v) is 10.5. The van der Waals surface area contributed by atoms with Crippen LogP contribution in [0.25, 0.3) is 0 Å². The minimum absolute atomic E-state index is 0.00189. The molecule has 12 nitrogen and oxygen atoms in total. The van der Waals surface area contributed by atoms with Crippen LogP contribution >= 0.6 is 0 Å². The predicted molar refractivity (Wildman–Crippen MR) is 117 cm³/mol. The van der Waals surface area contributed by atoms with E-state index in [1.165, 1.54) is 16.9 Å². The fourth-order valence-corrected chi connectivity index (χ4v) is 3.58. The van der Waals surface area contributed by atoms with Crippen molar-refractivity contribution in [1.82, 2.24) is 9.80 Å². The lowest BCUT2D eigenvalue weighted by Gasteiger charge is -2.34. The standard InChI is InChI=1S/C21H27N5O7/c1-3-32-18(28)13-25-9-8-24(12-17(25)27)10-16-11-26(21(30)33-16)15-6-4-14(5-7-15)19(22)23-20(29)31-2/h4-7,16H,3,8-13H2,1-2H3,(H2,22,23,29). The molecule has 0 saturated carbocycles. The van der Waals surface area contributed by atoms with Crippen molar-refractivity contribution in [3.8, 4) is 0 Å². The molecule has 0 aliphatic carbocycles. The van der Waals surface area contributed by atoms with E-state index in [1.807, 2.05) is 4.90 Å². The summed E-state index contributed by atoms with van der Waals surface area (Å²) in [4.78, 5) is 56.0. The van der Waals surface area contributed by atoms with Crippen LogP contribution in [0.1, 0.15) is 12.5 Å². The second-order valence-electron chi connectivity index (χ2n) is 7.49. The summed E-state index contributed by atoms with van der Waals surface area (Å²) in [5.41, 5.74) is 6.88. The topological polar surface area (TPSA) is 144 Å². The minimum Gasteiger partial charge on any atom is -0.465 e. The summed E-state index contributed by atoms with van der Waals surface area (Å²) in [5, 5.41) is 0. The second-order valence-corrected chi connectivity index (χ2v) is 7.49. The van der Waals surface area contributed by atoms with Gasteiger partial charge >= 0.3 is 18.2 Å². The number of cyclic esters (lactones) is 1. The van der Waals surface area contributed by atoms with E-state index in [1.54, 1.807) is 31.2 Å². The first-order chi connectivity index (χ1) is 15.8. The summed E-state index contributed by atoms with van der Waals surface area (Å²) in [6.07, 6.45) is -1.70. The number of amidine groups is 1. The largest absolute Gasteiger partial charge is 0.465 e. The van der Waals surface area contributed by atoms with Crippen molar-refractivity contribution >= 4 is 35.6 Å². The number of rotatable bonds is 7. The Kier molecular flexibility index (Phi) is 7.83. The molecular weight excluding hydrogens is 434 g/mol. The number of nitrogens with two attached hydrogens (primary N) is 1. The number of amides is 3. The van der Waals surface area contributed by atoms with Gasteiger partial charge < -0.3 is 24.8 Å². The van der Waals surface area contributed by atoms with Gasteiger partial charge in [0.2, 0.25) is 5.91 Å². The number of piperazine rings is 1. The molecule has 12 heteroatoms. The molecule has 2 N–H and O–H groups in total. The van der Waals surface area contributed by atoms with E-state index in [-0.39, 0.29) is 31.4 Å². The summed E-state index contributed by atoms with van der Waals surface area (Å²) in [6.45, 7) is 3.75. The highest BCUT2D eigenvalue weighted by atomic mass is 16.6. The average Bonchev–Trinajstić information content (AvgIpc) is 3.15. The number of carbonyl (C=O) groups excluding carboxylic acids is 4. The van der Waals surface area contributed by atoms with Crippen LogP contribution in [0.5, 0.6) is 0 Å². The van der Waals surface area contributed by atoms with Gasteiger partial charge in [-0.25, -0.2) is 9.59 Å². The number of anilines is 1. The quantitative estimate of drug-likeness (QED) is 0.260. The molecular formula is C21H27N5O7. The van der Waals surface area contributed by atoms with Crippen molar-refractivity contribution < 1.29 is 33.4 Å². The summed E-state index contributed by atoms with van der Waals surface area (Å²) >= 11 is 0. The lowest BCUT2D eigenvalue weighted by atomic mass is 10.1. The van der Waals surface area contributed by atoms with Gasteiger partial charge in [-0.2, -0.15) is 4.99 Å². The van der Waals surface area contributed by atoms with Crippen LogP contribution < -0.4 is 10.6 Å². The first-order valence-electron chi connectivity index (χ1n) is 10.5. The third kappa shape index (κ3) is 6.19. The summed E-state index contributed by atoms with van der Waals surface area (Å²) < 4.78 is 14.8. The third-order valence-electron chi connectivity index (χ3n) is 5.22. The van der Waals surface area contributed by atoms with E-state index in [2.05, 4.69) is 9.73 Å². The molecule has 3 rings (SSSR count). The molecule has 1 unspecified atom stereocenters. The summed E-state index contributed by atoms with van der Waals surface area (Å²) in [5.74, 6) is -0.594. The average molecular weight is 461 g/mol. The summed E-state index contributed by atoms with van der Waals surface area (Å²) in [6, 6.07) is 6.63. The molecule has 0 aromatic heterocycles. The Balaban J connectivity index is 1.53. The Labute approximate surface area is 190 Å². The van der Waals surface area contributed by atoms with E-state index < -0.39 is 24.3 Å². The minimum atomic E-state index is -0.803. The number of methoxy groups -OCH3 is 1. The zero-order valence-electron chi connectivity index (χ0n) is 18.6. The Morgan fingerprint density at radius 3 is 2.58 bits per heavy atom.